The van der Waals surface area contributed by atoms with Crippen molar-refractivity contribution in [3.63, 3.8) is 0 Å². The van der Waals surface area contributed by atoms with E-state index in [1.54, 1.807) is 6.20 Å². The van der Waals surface area contributed by atoms with Crippen molar-refractivity contribution in [1.29, 1.82) is 0 Å². The van der Waals surface area contributed by atoms with Crippen molar-refractivity contribution in [2.45, 2.75) is 27.2 Å². The predicted octanol–water partition coefficient (Wildman–Crippen LogP) is 1.31. The zero-order valence-corrected chi connectivity index (χ0v) is 14.1. The van der Waals surface area contributed by atoms with Crippen molar-refractivity contribution in [2.24, 2.45) is 5.92 Å². The molecule has 0 radical (unpaired) electrons. The minimum absolute atomic E-state index is 0.0805. The lowest BCUT2D eigenvalue weighted by Gasteiger charge is -2.32. The second-order valence-electron chi connectivity index (χ2n) is 6.40. The van der Waals surface area contributed by atoms with Gasteiger partial charge in [-0.25, -0.2) is 9.97 Å². The molecule has 0 saturated carbocycles. The van der Waals surface area contributed by atoms with Crippen LogP contribution in [0.25, 0.3) is 0 Å². The van der Waals surface area contributed by atoms with Gasteiger partial charge in [0.25, 0.3) is 5.91 Å². The minimum Gasteiger partial charge on any atom is -0.352 e. The van der Waals surface area contributed by atoms with E-state index in [-0.39, 0.29) is 5.91 Å². The largest absolute Gasteiger partial charge is 0.352 e. The highest BCUT2D eigenvalue weighted by atomic mass is 16.1. The average Bonchev–Trinajstić information content (AvgIpc) is 2.47. The Balaban J connectivity index is 1.98. The van der Waals surface area contributed by atoms with Gasteiger partial charge in [-0.3, -0.25) is 4.79 Å². The molecule has 1 amide bonds. The van der Waals surface area contributed by atoms with Crippen molar-refractivity contribution >= 4 is 11.9 Å². The van der Waals surface area contributed by atoms with E-state index >= 15 is 0 Å². The zero-order chi connectivity index (χ0) is 16.1. The van der Waals surface area contributed by atoms with Gasteiger partial charge in [0.05, 0.1) is 11.3 Å². The number of nitrogens with one attached hydrogen (secondary N) is 1. The van der Waals surface area contributed by atoms with E-state index in [2.05, 4.69) is 46.0 Å². The summed E-state index contributed by atoms with van der Waals surface area (Å²) in [5.41, 5.74) is 1.31. The van der Waals surface area contributed by atoms with Crippen LogP contribution < -0.4 is 10.2 Å². The number of piperazine rings is 1. The maximum absolute atomic E-state index is 12.2. The lowest BCUT2D eigenvalue weighted by molar-refractivity contribution is 0.0950. The molecule has 0 atom stereocenters. The summed E-state index contributed by atoms with van der Waals surface area (Å²) in [6.07, 6.45) is 2.63. The highest BCUT2D eigenvalue weighted by molar-refractivity contribution is 5.94. The third-order valence-electron chi connectivity index (χ3n) is 4.00. The molecule has 0 spiro atoms. The predicted molar refractivity (Wildman–Crippen MR) is 88.3 cm³/mol. The summed E-state index contributed by atoms with van der Waals surface area (Å²) in [7, 11) is 2.12. The number of aryl methyl sites for hydroxylation is 1. The molecule has 1 aliphatic rings. The monoisotopic (exact) mass is 305 g/mol. The second kappa shape index (κ2) is 7.54. The van der Waals surface area contributed by atoms with Crippen molar-refractivity contribution < 1.29 is 4.79 Å². The van der Waals surface area contributed by atoms with E-state index in [9.17, 15) is 4.79 Å². The zero-order valence-electron chi connectivity index (χ0n) is 14.1. The van der Waals surface area contributed by atoms with Gasteiger partial charge in [-0.05, 0) is 26.3 Å². The van der Waals surface area contributed by atoms with Crippen molar-refractivity contribution in [3.05, 3.63) is 17.5 Å². The Kier molecular flexibility index (Phi) is 5.71. The van der Waals surface area contributed by atoms with Gasteiger partial charge in [-0.1, -0.05) is 13.8 Å². The van der Waals surface area contributed by atoms with Gasteiger partial charge in [0, 0.05) is 38.9 Å². The lowest BCUT2D eigenvalue weighted by atomic mass is 10.1. The van der Waals surface area contributed by atoms with E-state index in [0.717, 1.165) is 44.2 Å². The van der Waals surface area contributed by atoms with Gasteiger partial charge < -0.3 is 15.1 Å². The number of anilines is 1. The molecule has 6 heteroatoms. The maximum atomic E-state index is 12.2. The first-order valence-corrected chi connectivity index (χ1v) is 8.02. The van der Waals surface area contributed by atoms with Crippen LogP contribution in [-0.4, -0.2) is 60.5 Å². The number of nitrogens with zero attached hydrogens (tertiary/aromatic N) is 4. The molecule has 1 N–H and O–H groups in total. The van der Waals surface area contributed by atoms with Crippen LogP contribution in [0.15, 0.2) is 6.20 Å². The van der Waals surface area contributed by atoms with Crippen molar-refractivity contribution in [2.75, 3.05) is 44.7 Å². The average molecular weight is 305 g/mol. The first-order valence-electron chi connectivity index (χ1n) is 8.02. The van der Waals surface area contributed by atoms with Crippen molar-refractivity contribution in [1.82, 2.24) is 20.2 Å². The van der Waals surface area contributed by atoms with E-state index in [4.69, 9.17) is 0 Å². The molecular weight excluding hydrogens is 278 g/mol. The Morgan fingerprint density at radius 2 is 2.00 bits per heavy atom. The van der Waals surface area contributed by atoms with Crippen LogP contribution in [0, 0.1) is 12.8 Å². The molecule has 1 fully saturated rings. The van der Waals surface area contributed by atoms with Gasteiger partial charge in [0.15, 0.2) is 0 Å². The quantitative estimate of drug-likeness (QED) is 0.889. The summed E-state index contributed by atoms with van der Waals surface area (Å²) >= 11 is 0. The molecular formula is C16H27N5O. The normalized spacial score (nSPS) is 16.1. The summed E-state index contributed by atoms with van der Waals surface area (Å²) in [6, 6.07) is 0. The first-order chi connectivity index (χ1) is 10.5. The number of hydrogen-bond donors (Lipinski definition) is 1. The van der Waals surface area contributed by atoms with Gasteiger partial charge >= 0.3 is 0 Å². The van der Waals surface area contributed by atoms with Crippen molar-refractivity contribution in [3.8, 4) is 0 Å². The van der Waals surface area contributed by atoms with Crippen LogP contribution >= 0.6 is 0 Å². The van der Waals surface area contributed by atoms with Crippen LogP contribution in [0.4, 0.5) is 5.95 Å². The molecule has 1 aliphatic heterocycles. The molecule has 1 saturated heterocycles. The number of carbonyl (C=O) groups excluding carboxylic acids is 1. The summed E-state index contributed by atoms with van der Waals surface area (Å²) < 4.78 is 0. The fourth-order valence-electron chi connectivity index (χ4n) is 2.41. The smallest absolute Gasteiger partial charge is 0.254 e. The Hall–Kier alpha value is -1.69. The summed E-state index contributed by atoms with van der Waals surface area (Å²) in [4.78, 5) is 25.5. The molecule has 122 valence electrons. The Morgan fingerprint density at radius 1 is 1.32 bits per heavy atom. The number of aromatic nitrogens is 2. The van der Waals surface area contributed by atoms with Crippen LogP contribution in [0.1, 0.15) is 36.3 Å². The van der Waals surface area contributed by atoms with E-state index in [0.29, 0.717) is 18.0 Å². The second-order valence-corrected chi connectivity index (χ2v) is 6.40. The van der Waals surface area contributed by atoms with Crippen LogP contribution in [-0.2, 0) is 0 Å². The van der Waals surface area contributed by atoms with Gasteiger partial charge in [-0.15, -0.1) is 0 Å². The molecule has 0 unspecified atom stereocenters. The molecule has 1 aromatic rings. The fraction of sp³-hybridized carbons (Fsp3) is 0.688. The summed E-state index contributed by atoms with van der Waals surface area (Å²) in [5.74, 6) is 1.23. The molecule has 6 nitrogen and oxygen atoms in total. The van der Waals surface area contributed by atoms with Gasteiger partial charge in [0.2, 0.25) is 5.95 Å². The third-order valence-corrected chi connectivity index (χ3v) is 4.00. The standard InChI is InChI=1S/C16H27N5O/c1-12(2)5-6-17-15(22)14-11-18-16(19-13(14)3)21-9-7-20(4)8-10-21/h11-12H,5-10H2,1-4H3,(H,17,22). The first kappa shape index (κ1) is 16.7. The number of carbonyl (C=O) groups is 1. The van der Waals surface area contributed by atoms with E-state index in [1.807, 2.05) is 6.92 Å². The van der Waals surface area contributed by atoms with Gasteiger partial charge in [-0.2, -0.15) is 0 Å². The maximum Gasteiger partial charge on any atom is 0.254 e. The van der Waals surface area contributed by atoms with Gasteiger partial charge in [0.1, 0.15) is 0 Å². The van der Waals surface area contributed by atoms with Crippen LogP contribution in [0.2, 0.25) is 0 Å². The summed E-state index contributed by atoms with van der Waals surface area (Å²) in [5, 5.41) is 2.94. The number of likely N-dealkylation sites (N-methyl/N-ethyl adjacent to an activating group) is 1. The molecule has 22 heavy (non-hydrogen) atoms. The Bertz CT molecular complexity index is 509. The molecule has 1 aromatic heterocycles. The fourth-order valence-corrected chi connectivity index (χ4v) is 2.41. The number of hydrogen-bond acceptors (Lipinski definition) is 5. The number of amides is 1. The van der Waals surface area contributed by atoms with Crippen LogP contribution in [0.5, 0.6) is 0 Å². The van der Waals surface area contributed by atoms with Crippen LogP contribution in [0.3, 0.4) is 0 Å². The molecule has 0 aliphatic carbocycles. The van der Waals surface area contributed by atoms with E-state index in [1.165, 1.54) is 0 Å². The molecule has 2 rings (SSSR count). The topological polar surface area (TPSA) is 61.4 Å². The molecule has 0 bridgehead atoms. The lowest BCUT2D eigenvalue weighted by Crippen LogP contribution is -2.45. The highest BCUT2D eigenvalue weighted by Crippen LogP contribution is 2.13. The molecule has 0 aromatic carbocycles. The summed E-state index contributed by atoms with van der Waals surface area (Å²) in [6.45, 7) is 10.7. The third kappa shape index (κ3) is 4.40. The Morgan fingerprint density at radius 3 is 2.59 bits per heavy atom. The Labute approximate surface area is 132 Å². The SMILES string of the molecule is Cc1nc(N2CCN(C)CC2)ncc1C(=O)NCCC(C)C. The number of rotatable bonds is 5. The van der Waals surface area contributed by atoms with E-state index < -0.39 is 0 Å². The molecule has 2 heterocycles. The minimum atomic E-state index is -0.0805. The highest BCUT2D eigenvalue weighted by Gasteiger charge is 2.18.